The summed E-state index contributed by atoms with van der Waals surface area (Å²) in [7, 11) is 0. The highest BCUT2D eigenvalue weighted by Gasteiger charge is 2.53. The van der Waals surface area contributed by atoms with Crippen molar-refractivity contribution in [2.45, 2.75) is 227 Å². The van der Waals surface area contributed by atoms with E-state index < -0.39 is 124 Å². The zero-order chi connectivity index (χ0) is 45.6. The van der Waals surface area contributed by atoms with Gasteiger partial charge >= 0.3 is 0 Å². The second kappa shape index (κ2) is 29.9. The summed E-state index contributed by atoms with van der Waals surface area (Å²) in [6, 6.07) is -0.961. The molecule has 19 heteroatoms. The average molecular weight is 898 g/mol. The molecule has 0 bridgehead atoms. The van der Waals surface area contributed by atoms with Gasteiger partial charge in [0.2, 0.25) is 5.91 Å². The van der Waals surface area contributed by atoms with E-state index in [1.54, 1.807) is 12.2 Å². The minimum absolute atomic E-state index is 0.244. The summed E-state index contributed by atoms with van der Waals surface area (Å²) in [4.78, 5) is 13.0. The number of hydrogen-bond donors (Lipinski definition) is 12. The molecule has 0 radical (unpaired) electrons. The van der Waals surface area contributed by atoms with Crippen LogP contribution in [-0.4, -0.2) is 193 Å². The first-order valence-electron chi connectivity index (χ1n) is 22.9. The van der Waals surface area contributed by atoms with E-state index in [2.05, 4.69) is 12.2 Å². The third kappa shape index (κ3) is 17.1. The van der Waals surface area contributed by atoms with Crippen LogP contribution in [0, 0.1) is 0 Å². The molecule has 0 aromatic rings. The van der Waals surface area contributed by atoms with Crippen molar-refractivity contribution < 1.29 is 89.4 Å². The first-order chi connectivity index (χ1) is 29.8. The lowest BCUT2D eigenvalue weighted by molar-refractivity contribution is -0.379. The zero-order valence-electron chi connectivity index (χ0n) is 36.6. The van der Waals surface area contributed by atoms with Gasteiger partial charge in [0, 0.05) is 6.42 Å². The van der Waals surface area contributed by atoms with Crippen molar-refractivity contribution >= 4 is 5.91 Å². The molecule has 62 heavy (non-hydrogen) atoms. The molecule has 17 unspecified atom stereocenters. The summed E-state index contributed by atoms with van der Waals surface area (Å²) in [5.74, 6) is -0.289. The first-order valence-corrected chi connectivity index (χ1v) is 22.9. The summed E-state index contributed by atoms with van der Waals surface area (Å²) in [5.41, 5.74) is 0. The quantitative estimate of drug-likeness (QED) is 0.0320. The summed E-state index contributed by atoms with van der Waals surface area (Å²) < 4.78 is 33.8. The van der Waals surface area contributed by atoms with E-state index in [0.29, 0.717) is 12.8 Å². The molecule has 3 aliphatic heterocycles. The molecule has 3 rings (SSSR count). The van der Waals surface area contributed by atoms with Gasteiger partial charge in [-0.15, -0.1) is 0 Å². The third-order valence-electron chi connectivity index (χ3n) is 11.8. The molecule has 19 nitrogen and oxygen atoms in total. The monoisotopic (exact) mass is 898 g/mol. The van der Waals surface area contributed by atoms with E-state index >= 15 is 0 Å². The lowest BCUT2D eigenvalue weighted by atomic mass is 9.96. The molecular formula is C43H79NO18. The predicted octanol–water partition coefficient (Wildman–Crippen LogP) is -0.475. The number of nitrogens with one attached hydrogen (secondary N) is 1. The molecule has 0 aromatic heterocycles. The molecule has 3 fully saturated rings. The van der Waals surface area contributed by atoms with Gasteiger partial charge in [-0.1, -0.05) is 116 Å². The highest BCUT2D eigenvalue weighted by Crippen LogP contribution is 2.33. The van der Waals surface area contributed by atoms with E-state index in [9.17, 15) is 61.0 Å². The van der Waals surface area contributed by atoms with Gasteiger partial charge in [-0.3, -0.25) is 4.79 Å². The van der Waals surface area contributed by atoms with Gasteiger partial charge in [-0.05, 0) is 12.8 Å². The maximum atomic E-state index is 13.0. The Morgan fingerprint density at radius 1 is 0.565 bits per heavy atom. The molecule has 0 aromatic carbocycles. The average Bonchev–Trinajstić information content (AvgIpc) is 3.26. The van der Waals surface area contributed by atoms with E-state index in [-0.39, 0.29) is 18.9 Å². The molecule has 3 saturated heterocycles. The Morgan fingerprint density at radius 3 is 1.48 bits per heavy atom. The van der Waals surface area contributed by atoms with Gasteiger partial charge in [0.05, 0.1) is 38.6 Å². The van der Waals surface area contributed by atoms with E-state index in [4.69, 9.17) is 28.4 Å². The van der Waals surface area contributed by atoms with Crippen LogP contribution in [0.3, 0.4) is 0 Å². The number of ether oxygens (including phenoxy) is 6. The number of rotatable bonds is 30. The van der Waals surface area contributed by atoms with Gasteiger partial charge in [-0.25, -0.2) is 0 Å². The fraction of sp³-hybridized carbons (Fsp3) is 0.930. The Morgan fingerprint density at radius 2 is 1.00 bits per heavy atom. The predicted molar refractivity (Wildman–Crippen MR) is 222 cm³/mol. The standard InChI is InChI=1S/C43H79NO18/c1-3-5-7-8-9-10-11-12-13-14-15-16-17-19-21-31(49)44-26(27(48)20-18-6-4-2)25-57-41-37(55)34(52)39(29(23-46)59-41)62-43-38(56)35(53)40(30(24-47)60-43)61-42-36(54)33(51)32(50)28(22-45)58-42/h18,20,26-30,32-43,45-48,50-56H,3-17,19,21-25H2,1-2H3,(H,44,49)/b20-18+. The summed E-state index contributed by atoms with van der Waals surface area (Å²) >= 11 is 0. The van der Waals surface area contributed by atoms with Crippen LogP contribution in [0.1, 0.15) is 123 Å². The van der Waals surface area contributed by atoms with Gasteiger partial charge in [0.25, 0.3) is 0 Å². The van der Waals surface area contributed by atoms with Crippen molar-refractivity contribution in [2.75, 3.05) is 26.4 Å². The van der Waals surface area contributed by atoms with Gasteiger partial charge in [0.15, 0.2) is 18.9 Å². The lowest BCUT2D eigenvalue weighted by Crippen LogP contribution is -2.66. The molecule has 1 amide bonds. The van der Waals surface area contributed by atoms with Crippen LogP contribution < -0.4 is 5.32 Å². The highest BCUT2D eigenvalue weighted by atomic mass is 16.8. The first kappa shape index (κ1) is 54.9. The minimum Gasteiger partial charge on any atom is -0.394 e. The topological polar surface area (TPSA) is 307 Å². The van der Waals surface area contributed by atoms with Gasteiger partial charge in [-0.2, -0.15) is 0 Å². The van der Waals surface area contributed by atoms with Crippen LogP contribution in [0.5, 0.6) is 0 Å². The zero-order valence-corrected chi connectivity index (χ0v) is 36.6. The van der Waals surface area contributed by atoms with Crippen molar-refractivity contribution in [3.63, 3.8) is 0 Å². The second-order valence-electron chi connectivity index (χ2n) is 16.9. The van der Waals surface area contributed by atoms with E-state index in [1.165, 1.54) is 64.2 Å². The van der Waals surface area contributed by atoms with Crippen LogP contribution in [0.25, 0.3) is 0 Å². The number of carbonyl (C=O) groups excluding carboxylic acids is 1. The minimum atomic E-state index is -1.97. The van der Waals surface area contributed by atoms with Crippen LogP contribution in [-0.2, 0) is 33.2 Å². The number of hydrogen-bond acceptors (Lipinski definition) is 18. The van der Waals surface area contributed by atoms with Gasteiger partial charge in [0.1, 0.15) is 73.2 Å². The number of allylic oxidation sites excluding steroid dienone is 1. The third-order valence-corrected chi connectivity index (χ3v) is 11.8. The van der Waals surface area contributed by atoms with Crippen molar-refractivity contribution in [2.24, 2.45) is 0 Å². The molecule has 0 saturated carbocycles. The van der Waals surface area contributed by atoms with E-state index in [0.717, 1.165) is 25.7 Å². The fourth-order valence-corrected chi connectivity index (χ4v) is 7.90. The summed E-state index contributed by atoms with van der Waals surface area (Å²) in [6.45, 7) is 1.44. The number of carbonyl (C=O) groups is 1. The second-order valence-corrected chi connectivity index (χ2v) is 16.9. The Hall–Kier alpha value is -1.47. The van der Waals surface area contributed by atoms with Gasteiger partial charge < -0.3 is 89.9 Å². The molecule has 3 aliphatic rings. The SMILES string of the molecule is CCC/C=C/C(O)C(COC1OC(CO)C(OC2OC(CO)C(OC3OC(CO)C(O)C(O)C3O)C(O)C2O)C(O)C1O)NC(=O)CCCCCCCCCCCCCCCC. The Bertz CT molecular complexity index is 1220. The number of unbranched alkanes of at least 4 members (excludes halogenated alkanes) is 14. The van der Waals surface area contributed by atoms with Crippen LogP contribution >= 0.6 is 0 Å². The molecule has 364 valence electrons. The van der Waals surface area contributed by atoms with Crippen molar-refractivity contribution in [3.05, 3.63) is 12.2 Å². The maximum absolute atomic E-state index is 13.0. The van der Waals surface area contributed by atoms with Crippen LogP contribution in [0.2, 0.25) is 0 Å². The van der Waals surface area contributed by atoms with Crippen molar-refractivity contribution in [1.29, 1.82) is 0 Å². The number of aliphatic hydroxyl groups is 11. The molecule has 12 N–H and O–H groups in total. The Labute approximate surface area is 365 Å². The van der Waals surface area contributed by atoms with Crippen LogP contribution in [0.15, 0.2) is 12.2 Å². The molecule has 0 aliphatic carbocycles. The maximum Gasteiger partial charge on any atom is 0.220 e. The molecular weight excluding hydrogens is 818 g/mol. The molecule has 17 atom stereocenters. The Kier molecular flexibility index (Phi) is 26.5. The largest absolute Gasteiger partial charge is 0.394 e. The molecule has 0 spiro atoms. The normalized spacial score (nSPS) is 35.3. The fourth-order valence-electron chi connectivity index (χ4n) is 7.90. The Balaban J connectivity index is 1.51. The lowest BCUT2D eigenvalue weighted by Gasteiger charge is -2.48. The molecule has 3 heterocycles. The number of aliphatic hydroxyl groups excluding tert-OH is 11. The van der Waals surface area contributed by atoms with Crippen molar-refractivity contribution in [3.8, 4) is 0 Å². The van der Waals surface area contributed by atoms with Crippen molar-refractivity contribution in [1.82, 2.24) is 5.32 Å². The smallest absolute Gasteiger partial charge is 0.220 e. The summed E-state index contributed by atoms with van der Waals surface area (Å²) in [5, 5.41) is 118. The van der Waals surface area contributed by atoms with E-state index in [1.807, 2.05) is 6.92 Å². The summed E-state index contributed by atoms with van der Waals surface area (Å²) in [6.07, 6.45) is -5.04. The highest BCUT2D eigenvalue weighted by molar-refractivity contribution is 5.76. The van der Waals surface area contributed by atoms with Crippen LogP contribution in [0.4, 0.5) is 0 Å². The number of amides is 1.